The van der Waals surface area contributed by atoms with Crippen LogP contribution in [-0.4, -0.2) is 4.57 Å². The molecule has 0 aliphatic rings. The van der Waals surface area contributed by atoms with Gasteiger partial charge in [0.1, 0.15) is 11.6 Å². The molecule has 19 heavy (non-hydrogen) atoms. The summed E-state index contributed by atoms with van der Waals surface area (Å²) in [5.41, 5.74) is 1.22. The van der Waals surface area contributed by atoms with Gasteiger partial charge in [0.25, 0.3) is 0 Å². The van der Waals surface area contributed by atoms with Crippen LogP contribution in [0.15, 0.2) is 48.7 Å². The van der Waals surface area contributed by atoms with Crippen molar-refractivity contribution in [1.29, 1.82) is 0 Å². The van der Waals surface area contributed by atoms with E-state index in [1.807, 2.05) is 0 Å². The molecule has 0 radical (unpaired) electrons. The maximum atomic E-state index is 13.7. The normalized spacial score (nSPS) is 11.1. The van der Waals surface area contributed by atoms with Gasteiger partial charge in [-0.05, 0) is 36.4 Å². The van der Waals surface area contributed by atoms with Crippen LogP contribution in [0.5, 0.6) is 0 Å². The number of fused-ring (bicyclic) bond motifs is 1. The van der Waals surface area contributed by atoms with E-state index in [4.69, 9.17) is 11.6 Å². The van der Waals surface area contributed by atoms with Crippen molar-refractivity contribution in [1.82, 2.24) is 4.57 Å². The summed E-state index contributed by atoms with van der Waals surface area (Å²) in [6.07, 6.45) is 1.74. The summed E-state index contributed by atoms with van der Waals surface area (Å²) in [6.45, 7) is 0.319. The van der Waals surface area contributed by atoms with E-state index in [1.54, 1.807) is 35.0 Å². The van der Waals surface area contributed by atoms with Crippen LogP contribution in [0.2, 0.25) is 5.02 Å². The van der Waals surface area contributed by atoms with Crippen LogP contribution in [0.25, 0.3) is 10.9 Å². The van der Waals surface area contributed by atoms with Gasteiger partial charge >= 0.3 is 0 Å². The number of hydrogen-bond acceptors (Lipinski definition) is 0. The number of benzene rings is 2. The van der Waals surface area contributed by atoms with Gasteiger partial charge in [-0.3, -0.25) is 0 Å². The Balaban J connectivity index is 2.06. The zero-order valence-corrected chi connectivity index (χ0v) is 10.7. The van der Waals surface area contributed by atoms with Gasteiger partial charge in [-0.25, -0.2) is 8.78 Å². The molecule has 3 rings (SSSR count). The largest absolute Gasteiger partial charge is 0.343 e. The van der Waals surface area contributed by atoms with Gasteiger partial charge in [-0.1, -0.05) is 17.7 Å². The summed E-state index contributed by atoms with van der Waals surface area (Å²) >= 11 is 5.86. The van der Waals surface area contributed by atoms with Gasteiger partial charge in [0, 0.05) is 22.2 Å². The maximum Gasteiger partial charge on any atom is 0.132 e. The Bertz CT molecular complexity index is 749. The minimum atomic E-state index is -0.317. The second-order valence-corrected chi connectivity index (χ2v) is 4.79. The molecule has 1 heterocycles. The molecule has 0 spiro atoms. The van der Waals surface area contributed by atoms with Crippen LogP contribution in [0.4, 0.5) is 8.78 Å². The summed E-state index contributed by atoms with van der Waals surface area (Å²) in [7, 11) is 0. The van der Waals surface area contributed by atoms with Crippen LogP contribution in [0, 0.1) is 11.6 Å². The summed E-state index contributed by atoms with van der Waals surface area (Å²) in [6, 6.07) is 11.0. The Morgan fingerprint density at radius 2 is 1.84 bits per heavy atom. The Morgan fingerprint density at radius 1 is 1.00 bits per heavy atom. The predicted molar refractivity (Wildman–Crippen MR) is 72.4 cm³/mol. The van der Waals surface area contributed by atoms with Gasteiger partial charge < -0.3 is 4.57 Å². The Labute approximate surface area is 114 Å². The highest BCUT2D eigenvalue weighted by atomic mass is 35.5. The van der Waals surface area contributed by atoms with Crippen molar-refractivity contribution >= 4 is 22.5 Å². The third-order valence-corrected chi connectivity index (χ3v) is 3.34. The molecule has 1 nitrogen and oxygen atoms in total. The molecule has 0 fully saturated rings. The van der Waals surface area contributed by atoms with E-state index in [0.717, 1.165) is 5.52 Å². The van der Waals surface area contributed by atoms with E-state index in [-0.39, 0.29) is 11.6 Å². The van der Waals surface area contributed by atoms with E-state index in [0.29, 0.717) is 22.5 Å². The fourth-order valence-electron chi connectivity index (χ4n) is 2.17. The lowest BCUT2D eigenvalue weighted by Gasteiger charge is -2.07. The third kappa shape index (κ3) is 2.22. The molecule has 2 aromatic carbocycles. The van der Waals surface area contributed by atoms with Gasteiger partial charge in [-0.2, -0.15) is 0 Å². The van der Waals surface area contributed by atoms with Crippen molar-refractivity contribution in [3.63, 3.8) is 0 Å². The van der Waals surface area contributed by atoms with Crippen molar-refractivity contribution in [3.8, 4) is 0 Å². The van der Waals surface area contributed by atoms with Crippen molar-refractivity contribution in [2.45, 2.75) is 6.54 Å². The monoisotopic (exact) mass is 277 g/mol. The number of rotatable bonds is 2. The van der Waals surface area contributed by atoms with Gasteiger partial charge in [0.15, 0.2) is 0 Å². The molecule has 1 aromatic heterocycles. The van der Waals surface area contributed by atoms with Gasteiger partial charge in [0.05, 0.1) is 12.1 Å². The summed E-state index contributed by atoms with van der Waals surface area (Å²) in [4.78, 5) is 0. The zero-order chi connectivity index (χ0) is 13.4. The van der Waals surface area contributed by atoms with E-state index < -0.39 is 0 Å². The molecule has 96 valence electrons. The molecule has 4 heteroatoms. The number of hydrogen-bond donors (Lipinski definition) is 0. The lowest BCUT2D eigenvalue weighted by Crippen LogP contribution is -2.00. The second-order valence-electron chi connectivity index (χ2n) is 4.35. The van der Waals surface area contributed by atoms with Crippen LogP contribution in [0.3, 0.4) is 0 Å². The summed E-state index contributed by atoms with van der Waals surface area (Å²) in [5, 5.41) is 1.02. The lowest BCUT2D eigenvalue weighted by molar-refractivity contribution is 0.602. The van der Waals surface area contributed by atoms with E-state index in [9.17, 15) is 8.78 Å². The smallest absolute Gasteiger partial charge is 0.132 e. The Kier molecular flexibility index (Phi) is 2.99. The lowest BCUT2D eigenvalue weighted by atomic mass is 10.2. The first kappa shape index (κ1) is 12.2. The van der Waals surface area contributed by atoms with E-state index in [2.05, 4.69) is 0 Å². The molecule has 0 atom stereocenters. The highest BCUT2D eigenvalue weighted by Crippen LogP contribution is 2.22. The first-order valence-electron chi connectivity index (χ1n) is 5.82. The molecule has 0 N–H and O–H groups in total. The van der Waals surface area contributed by atoms with Crippen molar-refractivity contribution in [2.24, 2.45) is 0 Å². The molecular weight excluding hydrogens is 268 g/mol. The highest BCUT2D eigenvalue weighted by Gasteiger charge is 2.08. The Morgan fingerprint density at radius 3 is 2.68 bits per heavy atom. The molecule has 3 aromatic rings. The SMILES string of the molecule is Fc1ccc(Cl)cc1Cn1ccc2c(F)cccc21. The standard InChI is InChI=1S/C15H10ClF2N/c16-11-4-5-13(17)10(8-11)9-19-7-6-12-14(18)2-1-3-15(12)19/h1-8H,9H2. The van der Waals surface area contributed by atoms with Crippen molar-refractivity contribution in [3.05, 3.63) is 70.9 Å². The number of aromatic nitrogens is 1. The molecular formula is C15H10ClF2N. The number of halogens is 3. The molecule has 0 amide bonds. The summed E-state index contributed by atoms with van der Waals surface area (Å²) < 4.78 is 29.1. The van der Waals surface area contributed by atoms with Crippen molar-refractivity contribution < 1.29 is 8.78 Å². The van der Waals surface area contributed by atoms with Crippen LogP contribution < -0.4 is 0 Å². The quantitative estimate of drug-likeness (QED) is 0.644. The van der Waals surface area contributed by atoms with Gasteiger partial charge in [-0.15, -0.1) is 0 Å². The van der Waals surface area contributed by atoms with Crippen LogP contribution in [-0.2, 0) is 6.54 Å². The van der Waals surface area contributed by atoms with Gasteiger partial charge in [0.2, 0.25) is 0 Å². The minimum Gasteiger partial charge on any atom is -0.343 e. The summed E-state index contributed by atoms with van der Waals surface area (Å²) in [5.74, 6) is -0.592. The molecule has 0 aliphatic heterocycles. The topological polar surface area (TPSA) is 4.93 Å². The first-order chi connectivity index (χ1) is 9.15. The van der Waals surface area contributed by atoms with E-state index in [1.165, 1.54) is 18.2 Å². The van der Waals surface area contributed by atoms with Crippen LogP contribution >= 0.6 is 11.6 Å². The molecule has 0 bridgehead atoms. The zero-order valence-electron chi connectivity index (χ0n) is 9.91. The highest BCUT2D eigenvalue weighted by molar-refractivity contribution is 6.30. The maximum absolute atomic E-state index is 13.7. The van der Waals surface area contributed by atoms with E-state index >= 15 is 0 Å². The van der Waals surface area contributed by atoms with Crippen molar-refractivity contribution in [2.75, 3.05) is 0 Å². The third-order valence-electron chi connectivity index (χ3n) is 3.11. The Hall–Kier alpha value is -1.87. The molecule has 0 saturated heterocycles. The predicted octanol–water partition coefficient (Wildman–Crippen LogP) is 4.62. The molecule has 0 aliphatic carbocycles. The molecule has 0 saturated carbocycles. The van der Waals surface area contributed by atoms with Crippen LogP contribution in [0.1, 0.15) is 5.56 Å². The first-order valence-corrected chi connectivity index (χ1v) is 6.20. The minimum absolute atomic E-state index is 0.275. The fraction of sp³-hybridized carbons (Fsp3) is 0.0667. The molecule has 0 unspecified atom stereocenters. The average Bonchev–Trinajstić information content (AvgIpc) is 2.79. The second kappa shape index (κ2) is 4.67. The average molecular weight is 278 g/mol. The number of nitrogens with zero attached hydrogens (tertiary/aromatic N) is 1. The fourth-order valence-corrected chi connectivity index (χ4v) is 2.37.